The van der Waals surface area contributed by atoms with E-state index in [1.54, 1.807) is 0 Å². The number of amides is 1. The molecule has 0 bridgehead atoms. The van der Waals surface area contributed by atoms with E-state index in [2.05, 4.69) is 29.2 Å². The summed E-state index contributed by atoms with van der Waals surface area (Å²) in [6, 6.07) is -0.00248. The topological polar surface area (TPSA) is 75.9 Å². The fourth-order valence-electron chi connectivity index (χ4n) is 4.30. The maximum absolute atomic E-state index is 13.2. The molecule has 2 aromatic rings. The van der Waals surface area contributed by atoms with Gasteiger partial charge in [-0.25, -0.2) is 9.97 Å². The maximum Gasteiger partial charge on any atom is 0.227 e. The van der Waals surface area contributed by atoms with Gasteiger partial charge in [-0.05, 0) is 39.2 Å². The lowest BCUT2D eigenvalue weighted by Crippen LogP contribution is -2.37. The maximum atomic E-state index is 13.2. The second-order valence-electron chi connectivity index (χ2n) is 8.20. The monoisotopic (exact) mass is 382 g/mol. The molecule has 0 saturated carbocycles. The van der Waals surface area contributed by atoms with Crippen molar-refractivity contribution >= 4 is 5.91 Å². The Hall–Kier alpha value is -2.28. The molecule has 0 unspecified atom stereocenters. The number of aromatic nitrogens is 4. The first-order chi connectivity index (χ1) is 13.5. The van der Waals surface area contributed by atoms with Crippen molar-refractivity contribution in [3.63, 3.8) is 0 Å². The van der Waals surface area contributed by atoms with Crippen LogP contribution in [-0.2, 0) is 24.3 Å². The zero-order valence-electron chi connectivity index (χ0n) is 17.3. The van der Waals surface area contributed by atoms with Gasteiger partial charge in [0, 0.05) is 49.2 Å². The molecular weight excluding hydrogens is 352 g/mol. The number of rotatable bonds is 4. The van der Waals surface area contributed by atoms with Gasteiger partial charge in [0.1, 0.15) is 0 Å². The van der Waals surface area contributed by atoms with Gasteiger partial charge in [0.15, 0.2) is 5.82 Å². The van der Waals surface area contributed by atoms with Crippen LogP contribution in [0.1, 0.15) is 59.8 Å². The molecule has 0 spiro atoms. The number of nitrogens with one attached hydrogen (secondary N) is 1. The summed E-state index contributed by atoms with van der Waals surface area (Å²) in [5, 5.41) is 7.95. The molecule has 0 aromatic carbocycles. The van der Waals surface area contributed by atoms with Crippen molar-refractivity contribution in [1.29, 1.82) is 0 Å². The third-order valence-electron chi connectivity index (χ3n) is 6.27. The van der Waals surface area contributed by atoms with Gasteiger partial charge >= 0.3 is 0 Å². The van der Waals surface area contributed by atoms with Crippen LogP contribution in [0.25, 0.3) is 0 Å². The van der Waals surface area contributed by atoms with Gasteiger partial charge in [-0.2, -0.15) is 5.10 Å². The normalized spacial score (nSPS) is 20.3. The molecule has 0 aliphatic carbocycles. The van der Waals surface area contributed by atoms with Crippen molar-refractivity contribution in [2.24, 2.45) is 5.92 Å². The lowest BCUT2D eigenvalue weighted by Gasteiger charge is -2.27. The Morgan fingerprint density at radius 3 is 2.93 bits per heavy atom. The van der Waals surface area contributed by atoms with E-state index >= 15 is 0 Å². The molecule has 150 valence electrons. The molecular formula is C21H30N6O. The molecule has 2 aliphatic rings. The Labute approximate surface area is 166 Å². The first kappa shape index (κ1) is 19.1. The molecule has 1 fully saturated rings. The molecule has 1 saturated heterocycles. The SMILES string of the molecule is Cc1nn(C[C@H](C)C(=O)N2CCC[C@H]2c2ncc3c(n2)CCNC3)c(C)c1C. The van der Waals surface area contributed by atoms with Crippen LogP contribution in [0.2, 0.25) is 0 Å². The Kier molecular flexibility index (Phi) is 5.19. The van der Waals surface area contributed by atoms with Crippen LogP contribution in [0.5, 0.6) is 0 Å². The number of hydrogen-bond donors (Lipinski definition) is 1. The first-order valence-electron chi connectivity index (χ1n) is 10.3. The van der Waals surface area contributed by atoms with Gasteiger partial charge in [0.05, 0.1) is 24.2 Å². The standard InChI is InChI=1S/C21H30N6O/c1-13(12-27-16(4)14(2)15(3)25-27)21(28)26-9-5-6-19(26)20-23-11-17-10-22-8-7-18(17)24-20/h11,13,19,22H,5-10,12H2,1-4H3/t13-,19-/m0/s1. The Balaban J connectivity index is 1.51. The van der Waals surface area contributed by atoms with E-state index in [9.17, 15) is 4.79 Å². The van der Waals surface area contributed by atoms with Crippen molar-refractivity contribution in [1.82, 2.24) is 30.0 Å². The van der Waals surface area contributed by atoms with E-state index in [-0.39, 0.29) is 17.9 Å². The van der Waals surface area contributed by atoms with Gasteiger partial charge in [-0.1, -0.05) is 6.92 Å². The van der Waals surface area contributed by atoms with E-state index in [0.717, 1.165) is 61.8 Å². The predicted molar refractivity (Wildman–Crippen MR) is 107 cm³/mol. The minimum Gasteiger partial charge on any atom is -0.332 e. The van der Waals surface area contributed by atoms with Crippen molar-refractivity contribution in [3.8, 4) is 0 Å². The molecule has 1 amide bonds. The van der Waals surface area contributed by atoms with E-state index in [0.29, 0.717) is 6.54 Å². The molecule has 2 atom stereocenters. The average Bonchev–Trinajstić information content (AvgIpc) is 3.28. The highest BCUT2D eigenvalue weighted by molar-refractivity contribution is 5.79. The van der Waals surface area contributed by atoms with E-state index in [1.165, 1.54) is 11.1 Å². The largest absolute Gasteiger partial charge is 0.332 e. The zero-order valence-corrected chi connectivity index (χ0v) is 17.3. The zero-order chi connectivity index (χ0) is 19.8. The third kappa shape index (κ3) is 3.43. The average molecular weight is 383 g/mol. The van der Waals surface area contributed by atoms with Crippen LogP contribution < -0.4 is 5.32 Å². The van der Waals surface area contributed by atoms with Crippen LogP contribution in [0.3, 0.4) is 0 Å². The Morgan fingerprint density at radius 1 is 1.36 bits per heavy atom. The Morgan fingerprint density at radius 2 is 2.18 bits per heavy atom. The highest BCUT2D eigenvalue weighted by Crippen LogP contribution is 2.32. The number of carbonyl (C=O) groups excluding carboxylic acids is 1. The van der Waals surface area contributed by atoms with Crippen LogP contribution in [0, 0.1) is 26.7 Å². The highest BCUT2D eigenvalue weighted by Gasteiger charge is 2.34. The number of hydrogen-bond acceptors (Lipinski definition) is 5. The Bertz CT molecular complexity index is 889. The molecule has 1 N–H and O–H groups in total. The van der Waals surface area contributed by atoms with Crippen LogP contribution >= 0.6 is 0 Å². The van der Waals surface area contributed by atoms with E-state index in [1.807, 2.05) is 29.6 Å². The minimum atomic E-state index is -0.125. The van der Waals surface area contributed by atoms with Crippen LogP contribution in [0.15, 0.2) is 6.20 Å². The summed E-state index contributed by atoms with van der Waals surface area (Å²) < 4.78 is 1.97. The summed E-state index contributed by atoms with van der Waals surface area (Å²) in [6.45, 7) is 11.4. The molecule has 28 heavy (non-hydrogen) atoms. The van der Waals surface area contributed by atoms with Crippen molar-refractivity contribution in [2.45, 2.75) is 66.1 Å². The quantitative estimate of drug-likeness (QED) is 0.878. The molecule has 0 radical (unpaired) electrons. The van der Waals surface area contributed by atoms with Gasteiger partial charge in [-0.15, -0.1) is 0 Å². The smallest absolute Gasteiger partial charge is 0.227 e. The summed E-state index contributed by atoms with van der Waals surface area (Å²) in [7, 11) is 0. The number of aryl methyl sites for hydroxylation is 1. The second-order valence-corrected chi connectivity index (χ2v) is 8.20. The van der Waals surface area contributed by atoms with Crippen molar-refractivity contribution in [3.05, 3.63) is 40.2 Å². The van der Waals surface area contributed by atoms with Gasteiger partial charge < -0.3 is 10.2 Å². The fourth-order valence-corrected chi connectivity index (χ4v) is 4.30. The minimum absolute atomic E-state index is 0.00248. The highest BCUT2D eigenvalue weighted by atomic mass is 16.2. The summed E-state index contributed by atoms with van der Waals surface area (Å²) >= 11 is 0. The summed E-state index contributed by atoms with van der Waals surface area (Å²) in [5.41, 5.74) is 5.69. The number of nitrogens with zero attached hydrogens (tertiary/aromatic N) is 5. The predicted octanol–water partition coefficient (Wildman–Crippen LogP) is 2.24. The van der Waals surface area contributed by atoms with E-state index in [4.69, 9.17) is 4.98 Å². The van der Waals surface area contributed by atoms with Gasteiger partial charge in [0.2, 0.25) is 5.91 Å². The third-order valence-corrected chi connectivity index (χ3v) is 6.27. The van der Waals surface area contributed by atoms with Crippen molar-refractivity contribution < 1.29 is 4.79 Å². The molecule has 4 heterocycles. The van der Waals surface area contributed by atoms with Crippen LogP contribution in [0.4, 0.5) is 0 Å². The van der Waals surface area contributed by atoms with Crippen molar-refractivity contribution in [2.75, 3.05) is 13.1 Å². The fraction of sp³-hybridized carbons (Fsp3) is 0.619. The molecule has 4 rings (SSSR count). The summed E-state index contributed by atoms with van der Waals surface area (Å²) in [6.07, 6.45) is 4.81. The van der Waals surface area contributed by atoms with Gasteiger partial charge in [-0.3, -0.25) is 9.48 Å². The number of likely N-dealkylation sites (tertiary alicyclic amines) is 1. The summed E-state index contributed by atoms with van der Waals surface area (Å²) in [4.78, 5) is 24.7. The summed E-state index contributed by atoms with van der Waals surface area (Å²) in [5.74, 6) is 0.858. The van der Waals surface area contributed by atoms with Crippen LogP contribution in [-0.4, -0.2) is 43.6 Å². The lowest BCUT2D eigenvalue weighted by atomic mass is 10.1. The second kappa shape index (κ2) is 7.62. The van der Waals surface area contributed by atoms with E-state index < -0.39 is 0 Å². The van der Waals surface area contributed by atoms with Gasteiger partial charge in [0.25, 0.3) is 0 Å². The lowest BCUT2D eigenvalue weighted by molar-refractivity contribution is -0.136. The molecule has 7 nitrogen and oxygen atoms in total. The number of fused-ring (bicyclic) bond motifs is 1. The molecule has 2 aromatic heterocycles. The first-order valence-corrected chi connectivity index (χ1v) is 10.3. The molecule has 2 aliphatic heterocycles. The number of carbonyl (C=O) groups is 1. The molecule has 7 heteroatoms.